The first-order valence-corrected chi connectivity index (χ1v) is 12.2. The molecule has 0 amide bonds. The number of nitrogens with one attached hydrogen (secondary N) is 1. The smallest absolute Gasteiger partial charge is 0.0654 e. The number of nitrogens with zero attached hydrogens (tertiary/aromatic N) is 2. The van der Waals surface area contributed by atoms with Crippen LogP contribution in [-0.4, -0.2) is 43.7 Å². The predicted molar refractivity (Wildman–Crippen MR) is 129 cm³/mol. The molecule has 0 aliphatic carbocycles. The minimum absolute atomic E-state index is 0.252. The molecule has 1 N–H and O–H groups in total. The van der Waals surface area contributed by atoms with E-state index in [1.807, 2.05) is 30.3 Å². The van der Waals surface area contributed by atoms with E-state index in [-0.39, 0.29) is 6.04 Å². The van der Waals surface area contributed by atoms with Crippen LogP contribution < -0.4 is 10.2 Å². The highest BCUT2D eigenvalue weighted by molar-refractivity contribution is 6.36. The monoisotopic (exact) mass is 465 g/mol. The van der Waals surface area contributed by atoms with Gasteiger partial charge in [-0.05, 0) is 74.7 Å². The van der Waals surface area contributed by atoms with Crippen molar-refractivity contribution in [2.75, 3.05) is 37.6 Å². The fourth-order valence-corrected chi connectivity index (χ4v) is 5.41. The number of hydrogen-bond acceptors (Lipinski definition) is 3. The van der Waals surface area contributed by atoms with Crippen molar-refractivity contribution in [3.63, 3.8) is 0 Å². The number of halogens is 3. The summed E-state index contributed by atoms with van der Waals surface area (Å²) in [6.45, 7) is 5.66. The van der Waals surface area contributed by atoms with E-state index in [0.717, 1.165) is 43.2 Å². The van der Waals surface area contributed by atoms with Gasteiger partial charge in [0, 0.05) is 35.7 Å². The lowest BCUT2D eigenvalue weighted by Gasteiger charge is -2.42. The van der Waals surface area contributed by atoms with Gasteiger partial charge in [0.15, 0.2) is 0 Å². The van der Waals surface area contributed by atoms with Gasteiger partial charge in [-0.3, -0.25) is 0 Å². The van der Waals surface area contributed by atoms with Crippen molar-refractivity contribution in [2.45, 2.75) is 44.2 Å². The van der Waals surface area contributed by atoms with Gasteiger partial charge < -0.3 is 15.1 Å². The molecule has 2 aromatic carbocycles. The Bertz CT molecular complexity index is 821. The third kappa shape index (κ3) is 5.63. The molecule has 2 aliphatic rings. The molecule has 0 radical (unpaired) electrons. The molecule has 0 spiro atoms. The van der Waals surface area contributed by atoms with Crippen molar-refractivity contribution in [3.05, 3.63) is 63.1 Å². The molecule has 2 fully saturated rings. The zero-order valence-corrected chi connectivity index (χ0v) is 19.6. The van der Waals surface area contributed by atoms with Gasteiger partial charge in [-0.15, -0.1) is 0 Å². The highest BCUT2D eigenvalue weighted by Gasteiger charge is 2.30. The Labute approximate surface area is 195 Å². The summed E-state index contributed by atoms with van der Waals surface area (Å²) in [5.41, 5.74) is 2.32. The first-order valence-electron chi connectivity index (χ1n) is 11.0. The molecule has 3 nitrogen and oxygen atoms in total. The van der Waals surface area contributed by atoms with E-state index in [2.05, 4.69) is 27.2 Å². The average molecular weight is 467 g/mol. The van der Waals surface area contributed by atoms with Crippen molar-refractivity contribution in [1.29, 1.82) is 0 Å². The van der Waals surface area contributed by atoms with Gasteiger partial charge in [0.2, 0.25) is 0 Å². The van der Waals surface area contributed by atoms with Crippen LogP contribution in [0, 0.1) is 0 Å². The zero-order chi connectivity index (χ0) is 20.9. The molecule has 2 aromatic rings. The lowest BCUT2D eigenvalue weighted by atomic mass is 9.91. The van der Waals surface area contributed by atoms with Gasteiger partial charge in [-0.2, -0.15) is 0 Å². The van der Waals surface area contributed by atoms with Gasteiger partial charge in [0.25, 0.3) is 0 Å². The summed E-state index contributed by atoms with van der Waals surface area (Å²) >= 11 is 18.9. The third-order valence-corrected chi connectivity index (χ3v) is 7.18. The van der Waals surface area contributed by atoms with E-state index in [1.165, 1.54) is 37.9 Å². The average Bonchev–Trinajstić information content (AvgIpc) is 2.75. The molecule has 2 aliphatic heterocycles. The molecule has 0 bridgehead atoms. The van der Waals surface area contributed by atoms with Crippen molar-refractivity contribution in [1.82, 2.24) is 10.2 Å². The number of benzene rings is 2. The van der Waals surface area contributed by atoms with Crippen LogP contribution in [0.25, 0.3) is 0 Å². The lowest BCUT2D eigenvalue weighted by molar-refractivity contribution is 0.222. The third-order valence-electron chi connectivity index (χ3n) is 6.39. The molecule has 2 atom stereocenters. The summed E-state index contributed by atoms with van der Waals surface area (Å²) in [7, 11) is 0. The van der Waals surface area contributed by atoms with Gasteiger partial charge in [0.1, 0.15) is 0 Å². The largest absolute Gasteiger partial charge is 0.363 e. The Hall–Kier alpha value is -0.970. The molecule has 2 unspecified atom stereocenters. The Morgan fingerprint density at radius 1 is 0.867 bits per heavy atom. The second kappa shape index (κ2) is 10.6. The standard InChI is InChI=1S/C24H30Cl3N3/c25-19-6-4-18(5-7-19)24-17-21(28-11-15-29-12-2-1-3-13-29)10-14-30(24)23-9-8-20(26)16-22(23)27/h4-9,16,21,24,28H,1-3,10-15,17H2. The van der Waals surface area contributed by atoms with Gasteiger partial charge in [0.05, 0.1) is 16.8 Å². The van der Waals surface area contributed by atoms with Crippen molar-refractivity contribution in [3.8, 4) is 0 Å². The van der Waals surface area contributed by atoms with Crippen molar-refractivity contribution >= 4 is 40.5 Å². The summed E-state index contributed by atoms with van der Waals surface area (Å²) in [6.07, 6.45) is 6.22. The quantitative estimate of drug-likeness (QED) is 0.529. The van der Waals surface area contributed by atoms with Crippen LogP contribution >= 0.6 is 34.8 Å². The summed E-state index contributed by atoms with van der Waals surface area (Å²) in [6, 6.07) is 14.8. The van der Waals surface area contributed by atoms with E-state index < -0.39 is 0 Å². The van der Waals surface area contributed by atoms with Gasteiger partial charge in [-0.1, -0.05) is 53.4 Å². The first kappa shape index (κ1) is 22.2. The molecule has 0 aromatic heterocycles. The molecular formula is C24H30Cl3N3. The molecule has 6 heteroatoms. The number of rotatable bonds is 6. The van der Waals surface area contributed by atoms with Crippen molar-refractivity contribution < 1.29 is 0 Å². The highest BCUT2D eigenvalue weighted by Crippen LogP contribution is 2.39. The molecule has 2 heterocycles. The van der Waals surface area contributed by atoms with Crippen LogP contribution in [0.1, 0.15) is 43.7 Å². The summed E-state index contributed by atoms with van der Waals surface area (Å²) in [4.78, 5) is 5.01. The molecule has 2 saturated heterocycles. The first-order chi connectivity index (χ1) is 14.6. The fraction of sp³-hybridized carbons (Fsp3) is 0.500. The van der Waals surface area contributed by atoms with E-state index in [1.54, 1.807) is 0 Å². The van der Waals surface area contributed by atoms with Gasteiger partial charge in [-0.25, -0.2) is 0 Å². The van der Waals surface area contributed by atoms with E-state index in [9.17, 15) is 0 Å². The normalized spacial score (nSPS) is 23.0. The van der Waals surface area contributed by atoms with E-state index >= 15 is 0 Å². The molecule has 162 valence electrons. The van der Waals surface area contributed by atoms with Crippen LogP contribution in [0.3, 0.4) is 0 Å². The van der Waals surface area contributed by atoms with E-state index in [4.69, 9.17) is 34.8 Å². The van der Waals surface area contributed by atoms with Crippen LogP contribution in [0.2, 0.25) is 15.1 Å². The topological polar surface area (TPSA) is 18.5 Å². The lowest BCUT2D eigenvalue weighted by Crippen LogP contribution is -2.46. The maximum absolute atomic E-state index is 6.58. The maximum atomic E-state index is 6.58. The minimum atomic E-state index is 0.252. The number of likely N-dealkylation sites (tertiary alicyclic amines) is 1. The molecular weight excluding hydrogens is 437 g/mol. The molecule has 0 saturated carbocycles. The van der Waals surface area contributed by atoms with Crippen LogP contribution in [0.5, 0.6) is 0 Å². The van der Waals surface area contributed by atoms with E-state index in [0.29, 0.717) is 16.1 Å². The molecule has 30 heavy (non-hydrogen) atoms. The Kier molecular flexibility index (Phi) is 7.83. The zero-order valence-electron chi connectivity index (χ0n) is 17.3. The summed E-state index contributed by atoms with van der Waals surface area (Å²) < 4.78 is 0. The fourth-order valence-electron chi connectivity index (χ4n) is 4.76. The second-order valence-electron chi connectivity index (χ2n) is 8.43. The number of anilines is 1. The highest BCUT2D eigenvalue weighted by atomic mass is 35.5. The second-order valence-corrected chi connectivity index (χ2v) is 9.71. The van der Waals surface area contributed by atoms with Crippen LogP contribution in [-0.2, 0) is 0 Å². The Morgan fingerprint density at radius 2 is 1.60 bits per heavy atom. The summed E-state index contributed by atoms with van der Waals surface area (Å²) in [5, 5.41) is 5.97. The SMILES string of the molecule is Clc1ccc(C2CC(NCCN3CCCCC3)CCN2c2ccc(Cl)cc2Cl)cc1. The summed E-state index contributed by atoms with van der Waals surface area (Å²) in [5.74, 6) is 0. The predicted octanol–water partition coefficient (Wildman–Crippen LogP) is 6.43. The maximum Gasteiger partial charge on any atom is 0.0654 e. The van der Waals surface area contributed by atoms with Crippen LogP contribution in [0.15, 0.2) is 42.5 Å². The van der Waals surface area contributed by atoms with Gasteiger partial charge >= 0.3 is 0 Å². The van der Waals surface area contributed by atoms with Crippen LogP contribution in [0.4, 0.5) is 5.69 Å². The Morgan fingerprint density at radius 3 is 2.33 bits per heavy atom. The molecule has 4 rings (SSSR count). The minimum Gasteiger partial charge on any atom is -0.363 e. The van der Waals surface area contributed by atoms with Crippen molar-refractivity contribution in [2.24, 2.45) is 0 Å². The number of piperidine rings is 2. The Balaban J connectivity index is 1.46. The number of hydrogen-bond donors (Lipinski definition) is 1.